The van der Waals surface area contributed by atoms with Crippen LogP contribution >= 0.6 is 0 Å². The topological polar surface area (TPSA) is 97.1 Å². The van der Waals surface area contributed by atoms with E-state index in [2.05, 4.69) is 15.6 Å². The number of urea groups is 1. The second kappa shape index (κ2) is 5.83. The monoisotopic (exact) mass is 270 g/mol. The molecule has 4 N–H and O–H groups in total. The van der Waals surface area contributed by atoms with Gasteiger partial charge in [-0.05, 0) is 30.7 Å². The summed E-state index contributed by atoms with van der Waals surface area (Å²) in [4.78, 5) is 27.3. The highest BCUT2D eigenvalue weighted by molar-refractivity contribution is 6.10. The van der Waals surface area contributed by atoms with E-state index in [0.29, 0.717) is 17.1 Å². The van der Waals surface area contributed by atoms with Gasteiger partial charge >= 0.3 is 6.03 Å². The normalized spacial score (nSPS) is 9.85. The number of primary amides is 1. The lowest BCUT2D eigenvalue weighted by molar-refractivity contribution is 0.102. The van der Waals surface area contributed by atoms with Gasteiger partial charge in [0.2, 0.25) is 0 Å². The molecular weight excluding hydrogens is 256 g/mol. The molecule has 6 nitrogen and oxygen atoms in total. The van der Waals surface area contributed by atoms with Crippen LogP contribution in [0.4, 0.5) is 16.3 Å². The minimum Gasteiger partial charge on any atom is -0.351 e. The number of aryl methyl sites for hydroxylation is 1. The third-order valence-corrected chi connectivity index (χ3v) is 2.66. The first-order valence-electron chi connectivity index (χ1n) is 5.96. The summed E-state index contributed by atoms with van der Waals surface area (Å²) in [5, 5.41) is 5.11. The van der Waals surface area contributed by atoms with E-state index in [9.17, 15) is 9.59 Å². The van der Waals surface area contributed by atoms with Crippen LogP contribution in [0.15, 0.2) is 42.6 Å². The van der Waals surface area contributed by atoms with Crippen molar-refractivity contribution >= 4 is 23.4 Å². The Kier molecular flexibility index (Phi) is 3.95. The predicted octanol–water partition coefficient (Wildman–Crippen LogP) is 2.13. The van der Waals surface area contributed by atoms with Crippen molar-refractivity contribution in [1.29, 1.82) is 0 Å². The van der Waals surface area contributed by atoms with Crippen LogP contribution in [0.3, 0.4) is 0 Å². The number of nitrogens with zero attached hydrogens (tertiary/aromatic N) is 1. The number of anilines is 2. The summed E-state index contributed by atoms with van der Waals surface area (Å²) in [5.41, 5.74) is 6.55. The molecule has 1 heterocycles. The summed E-state index contributed by atoms with van der Waals surface area (Å²) in [6.07, 6.45) is 1.58. The number of nitrogens with two attached hydrogens (primary N) is 1. The van der Waals surface area contributed by atoms with E-state index in [1.54, 1.807) is 49.5 Å². The fourth-order valence-corrected chi connectivity index (χ4v) is 1.82. The number of carbonyl (C=O) groups excluding carboxylic acids is 2. The smallest absolute Gasteiger partial charge is 0.316 e. The highest BCUT2D eigenvalue weighted by Crippen LogP contribution is 2.20. The van der Waals surface area contributed by atoms with E-state index in [-0.39, 0.29) is 5.91 Å². The molecular formula is C14H14N4O2. The lowest BCUT2D eigenvalue weighted by Gasteiger charge is -2.12. The molecule has 0 spiro atoms. The number of carbonyl (C=O) groups is 2. The Bertz CT molecular complexity index is 641. The van der Waals surface area contributed by atoms with Crippen LogP contribution in [0, 0.1) is 6.92 Å². The van der Waals surface area contributed by atoms with Gasteiger partial charge in [0, 0.05) is 6.20 Å². The van der Waals surface area contributed by atoms with Gasteiger partial charge in [0.25, 0.3) is 5.91 Å². The molecule has 0 radical (unpaired) electrons. The average molecular weight is 270 g/mol. The van der Waals surface area contributed by atoms with Crippen molar-refractivity contribution in [3.63, 3.8) is 0 Å². The Balaban J connectivity index is 2.31. The zero-order valence-electron chi connectivity index (χ0n) is 10.9. The van der Waals surface area contributed by atoms with Crippen molar-refractivity contribution in [3.05, 3.63) is 53.7 Å². The number of nitrogens with one attached hydrogen (secondary N) is 2. The average Bonchev–Trinajstić information content (AvgIpc) is 2.39. The summed E-state index contributed by atoms with van der Waals surface area (Å²) >= 11 is 0. The second-order valence-corrected chi connectivity index (χ2v) is 4.16. The quantitative estimate of drug-likeness (QED) is 0.797. The molecule has 0 bridgehead atoms. The minimum absolute atomic E-state index is 0.356. The summed E-state index contributed by atoms with van der Waals surface area (Å²) in [6.45, 7) is 1.78. The number of pyridine rings is 1. The van der Waals surface area contributed by atoms with Crippen LogP contribution in [0.2, 0.25) is 0 Å². The molecule has 0 saturated carbocycles. The Morgan fingerprint density at radius 1 is 1.10 bits per heavy atom. The Morgan fingerprint density at radius 2 is 1.90 bits per heavy atom. The van der Waals surface area contributed by atoms with Gasteiger partial charge in [-0.15, -0.1) is 0 Å². The van der Waals surface area contributed by atoms with Gasteiger partial charge in [0.05, 0.1) is 11.3 Å². The van der Waals surface area contributed by atoms with Gasteiger partial charge in [0.15, 0.2) is 0 Å². The standard InChI is InChI=1S/C14H14N4O2/c1-9-5-4-6-10(17-14(15)20)12(9)13(19)18-11-7-2-3-8-16-11/h2-8H,1H3,(H3,15,17,20)(H,16,18,19). The van der Waals surface area contributed by atoms with Crippen LogP contribution in [0.1, 0.15) is 15.9 Å². The lowest BCUT2D eigenvalue weighted by Crippen LogP contribution is -2.23. The van der Waals surface area contributed by atoms with Crippen molar-refractivity contribution in [3.8, 4) is 0 Å². The zero-order valence-corrected chi connectivity index (χ0v) is 10.9. The molecule has 6 heteroatoms. The molecule has 0 aliphatic carbocycles. The van der Waals surface area contributed by atoms with Crippen LogP contribution < -0.4 is 16.4 Å². The van der Waals surface area contributed by atoms with Gasteiger partial charge < -0.3 is 16.4 Å². The zero-order chi connectivity index (χ0) is 14.5. The maximum atomic E-state index is 12.3. The molecule has 3 amide bonds. The summed E-state index contributed by atoms with van der Waals surface area (Å²) in [6, 6.07) is 9.61. The number of hydrogen-bond donors (Lipinski definition) is 3. The van der Waals surface area contributed by atoms with Crippen LogP contribution in [0.25, 0.3) is 0 Å². The van der Waals surface area contributed by atoms with Gasteiger partial charge in [-0.25, -0.2) is 9.78 Å². The Hall–Kier alpha value is -2.89. The van der Waals surface area contributed by atoms with Crippen molar-refractivity contribution in [2.24, 2.45) is 5.73 Å². The maximum Gasteiger partial charge on any atom is 0.316 e. The number of benzene rings is 1. The van der Waals surface area contributed by atoms with Crippen molar-refractivity contribution < 1.29 is 9.59 Å². The summed E-state index contributed by atoms with van der Waals surface area (Å²) in [7, 11) is 0. The third-order valence-electron chi connectivity index (χ3n) is 2.66. The number of amides is 3. The predicted molar refractivity (Wildman–Crippen MR) is 76.6 cm³/mol. The lowest BCUT2D eigenvalue weighted by atomic mass is 10.1. The van der Waals surface area contributed by atoms with Gasteiger partial charge in [-0.1, -0.05) is 18.2 Å². The van der Waals surface area contributed by atoms with Gasteiger partial charge in [-0.2, -0.15) is 0 Å². The molecule has 102 valence electrons. The third kappa shape index (κ3) is 3.11. The van der Waals surface area contributed by atoms with E-state index in [4.69, 9.17) is 5.73 Å². The second-order valence-electron chi connectivity index (χ2n) is 4.16. The largest absolute Gasteiger partial charge is 0.351 e. The van der Waals surface area contributed by atoms with Crippen molar-refractivity contribution in [1.82, 2.24) is 4.98 Å². The van der Waals surface area contributed by atoms with Gasteiger partial charge in [0.1, 0.15) is 5.82 Å². The number of hydrogen-bond acceptors (Lipinski definition) is 3. The Morgan fingerprint density at radius 3 is 2.55 bits per heavy atom. The van der Waals surface area contributed by atoms with Crippen LogP contribution in [-0.2, 0) is 0 Å². The van der Waals surface area contributed by atoms with Crippen molar-refractivity contribution in [2.75, 3.05) is 10.6 Å². The first-order valence-corrected chi connectivity index (χ1v) is 5.96. The minimum atomic E-state index is -0.720. The number of aromatic nitrogens is 1. The van der Waals surface area contributed by atoms with E-state index in [1.807, 2.05) is 0 Å². The maximum absolute atomic E-state index is 12.3. The SMILES string of the molecule is Cc1cccc(NC(N)=O)c1C(=O)Nc1ccccn1. The van der Waals surface area contributed by atoms with E-state index < -0.39 is 6.03 Å². The van der Waals surface area contributed by atoms with Gasteiger partial charge in [-0.3, -0.25) is 4.79 Å². The van der Waals surface area contributed by atoms with Crippen LogP contribution in [-0.4, -0.2) is 16.9 Å². The molecule has 0 unspecified atom stereocenters. The number of rotatable bonds is 3. The fraction of sp³-hybridized carbons (Fsp3) is 0.0714. The first kappa shape index (κ1) is 13.5. The highest BCUT2D eigenvalue weighted by Gasteiger charge is 2.15. The molecule has 2 aromatic rings. The summed E-state index contributed by atoms with van der Waals surface area (Å²) in [5.74, 6) is 0.0799. The molecule has 0 aliphatic heterocycles. The molecule has 0 atom stereocenters. The summed E-state index contributed by atoms with van der Waals surface area (Å²) < 4.78 is 0. The molecule has 2 rings (SSSR count). The molecule has 0 saturated heterocycles. The molecule has 20 heavy (non-hydrogen) atoms. The van der Waals surface area contributed by atoms with E-state index in [0.717, 1.165) is 5.56 Å². The molecule has 1 aromatic heterocycles. The Labute approximate surface area is 116 Å². The first-order chi connectivity index (χ1) is 9.58. The van der Waals surface area contributed by atoms with E-state index >= 15 is 0 Å². The van der Waals surface area contributed by atoms with Crippen LogP contribution in [0.5, 0.6) is 0 Å². The molecule has 1 aromatic carbocycles. The highest BCUT2D eigenvalue weighted by atomic mass is 16.2. The molecule has 0 aliphatic rings. The van der Waals surface area contributed by atoms with Crippen molar-refractivity contribution in [2.45, 2.75) is 6.92 Å². The van der Waals surface area contributed by atoms with E-state index in [1.165, 1.54) is 0 Å². The fourth-order valence-electron chi connectivity index (χ4n) is 1.82. The molecule has 0 fully saturated rings.